The van der Waals surface area contributed by atoms with Gasteiger partial charge in [0.25, 0.3) is 0 Å². The smallest absolute Gasteiger partial charge is 0.368 e. The average molecular weight is 328 g/mol. The maximum absolute atomic E-state index is 12.6. The summed E-state index contributed by atoms with van der Waals surface area (Å²) in [5.74, 6) is 3.76. The van der Waals surface area contributed by atoms with E-state index in [4.69, 9.17) is 17.3 Å². The van der Waals surface area contributed by atoms with Crippen molar-refractivity contribution in [3.8, 4) is 0 Å². The number of hydrogen-bond acceptors (Lipinski definition) is 2. The number of guanidine groups is 2. The van der Waals surface area contributed by atoms with Crippen molar-refractivity contribution in [2.24, 2.45) is 27.3 Å². The highest BCUT2D eigenvalue weighted by atomic mass is 19.4. The summed E-state index contributed by atoms with van der Waals surface area (Å²) in [5, 5.41) is 0. The number of hydrogen-bond donors (Lipinski definition) is 4. The Bertz CT molecular complexity index is 571. The monoisotopic (exact) mass is 328 g/mol. The molecule has 0 amide bonds. The van der Waals surface area contributed by atoms with Gasteiger partial charge in [-0.05, 0) is 18.2 Å². The molecule has 0 saturated carbocycles. The molecule has 0 radical (unpaired) electrons. The molecule has 6 nitrogen and oxygen atoms in total. The molecule has 0 atom stereocenters. The van der Waals surface area contributed by atoms with Crippen LogP contribution in [0.1, 0.15) is 11.1 Å². The van der Waals surface area contributed by atoms with Crippen LogP contribution in [0.5, 0.6) is 0 Å². The zero-order valence-corrected chi connectivity index (χ0v) is 10.6. The first-order valence-corrected chi connectivity index (χ1v) is 5.38. The molecule has 7 N–H and O–H groups in total. The lowest BCUT2D eigenvalue weighted by Gasteiger charge is -2.12. The number of nitrogens with one attached hydrogen (secondary N) is 1. The average Bonchev–Trinajstić information content (AvgIpc) is 2.35. The maximum atomic E-state index is 12.6. The SMILES string of the molecule is NN/C(N)=N/C(N)=Nc1cc(C(F)(F)F)cc(C(F)(F)F)c1. The number of nitrogens with two attached hydrogens (primary N) is 3. The van der Waals surface area contributed by atoms with Crippen molar-refractivity contribution in [1.82, 2.24) is 5.43 Å². The van der Waals surface area contributed by atoms with Crippen molar-refractivity contribution < 1.29 is 26.3 Å². The van der Waals surface area contributed by atoms with Gasteiger partial charge >= 0.3 is 12.4 Å². The molecule has 0 unspecified atom stereocenters. The number of alkyl halides is 6. The van der Waals surface area contributed by atoms with Gasteiger partial charge in [0, 0.05) is 0 Å². The van der Waals surface area contributed by atoms with Gasteiger partial charge in [-0.15, -0.1) is 0 Å². The lowest BCUT2D eigenvalue weighted by Crippen LogP contribution is -2.38. The van der Waals surface area contributed by atoms with Gasteiger partial charge in [-0.25, -0.2) is 10.8 Å². The summed E-state index contributed by atoms with van der Waals surface area (Å²) in [7, 11) is 0. The second kappa shape index (κ2) is 6.09. The Morgan fingerprint density at radius 1 is 0.909 bits per heavy atom. The van der Waals surface area contributed by atoms with Crippen molar-refractivity contribution in [2.75, 3.05) is 0 Å². The molecule has 0 bridgehead atoms. The molecule has 1 rings (SSSR count). The molecule has 0 saturated heterocycles. The lowest BCUT2D eigenvalue weighted by molar-refractivity contribution is -0.143. The molecule has 0 fully saturated rings. The van der Waals surface area contributed by atoms with E-state index in [9.17, 15) is 26.3 Å². The summed E-state index contributed by atoms with van der Waals surface area (Å²) in [6, 6.07) is 0.752. The number of hydrazine groups is 1. The number of halogens is 6. The van der Waals surface area contributed by atoms with Crippen molar-refractivity contribution in [3.05, 3.63) is 29.3 Å². The second-order valence-electron chi connectivity index (χ2n) is 3.88. The van der Waals surface area contributed by atoms with Crippen LogP contribution < -0.4 is 22.7 Å². The Balaban J connectivity index is 3.39. The number of rotatable bonds is 1. The van der Waals surface area contributed by atoms with Crippen LogP contribution in [-0.2, 0) is 12.4 Å². The van der Waals surface area contributed by atoms with E-state index in [0.29, 0.717) is 12.1 Å². The number of aliphatic imine (C=N–C) groups is 2. The Labute approximate surface area is 119 Å². The molecule has 0 spiro atoms. The molecule has 1 aromatic carbocycles. The quantitative estimate of drug-likeness (QED) is 0.205. The Kier molecular flexibility index (Phi) is 4.86. The van der Waals surface area contributed by atoms with Crippen molar-refractivity contribution >= 4 is 17.6 Å². The molecular formula is C10H10F6N6. The normalized spacial score (nSPS) is 14.1. The predicted octanol–water partition coefficient (Wildman–Crippen LogP) is 1.45. The number of nitrogens with zero attached hydrogens (tertiary/aromatic N) is 2. The summed E-state index contributed by atoms with van der Waals surface area (Å²) in [6.45, 7) is 0. The molecule has 0 aliphatic rings. The minimum Gasteiger partial charge on any atom is -0.368 e. The molecule has 22 heavy (non-hydrogen) atoms. The lowest BCUT2D eigenvalue weighted by atomic mass is 10.1. The summed E-state index contributed by atoms with van der Waals surface area (Å²) in [6.07, 6.45) is -9.97. The Morgan fingerprint density at radius 2 is 1.36 bits per heavy atom. The molecule has 12 heteroatoms. The van der Waals surface area contributed by atoms with Crippen molar-refractivity contribution in [2.45, 2.75) is 12.4 Å². The standard InChI is InChI=1S/C10H10F6N6/c11-9(12,13)4-1-5(10(14,15)16)3-6(2-4)20-7(17)21-8(18)22-19/h1-3H,19H2,(H5,17,18,20,21,22). The van der Waals surface area contributed by atoms with Crippen LogP contribution in [0.2, 0.25) is 0 Å². The fourth-order valence-corrected chi connectivity index (χ4v) is 1.32. The van der Waals surface area contributed by atoms with Crippen molar-refractivity contribution in [3.63, 3.8) is 0 Å². The van der Waals surface area contributed by atoms with E-state index in [-0.39, 0.29) is 6.07 Å². The van der Waals surface area contributed by atoms with Gasteiger partial charge in [0.15, 0.2) is 0 Å². The summed E-state index contributed by atoms with van der Waals surface area (Å²) in [5.41, 5.74) is 8.47. The molecule has 0 heterocycles. The van der Waals surface area contributed by atoms with Crippen LogP contribution in [0.4, 0.5) is 32.0 Å². The molecule has 1 aromatic rings. The van der Waals surface area contributed by atoms with Gasteiger partial charge in [0.2, 0.25) is 11.9 Å². The van der Waals surface area contributed by atoms with Crippen molar-refractivity contribution in [1.29, 1.82) is 0 Å². The third kappa shape index (κ3) is 4.80. The van der Waals surface area contributed by atoms with Crippen LogP contribution >= 0.6 is 0 Å². The van der Waals surface area contributed by atoms with E-state index >= 15 is 0 Å². The highest BCUT2D eigenvalue weighted by molar-refractivity contribution is 5.94. The van der Waals surface area contributed by atoms with Gasteiger partial charge < -0.3 is 11.5 Å². The van der Waals surface area contributed by atoms with Crippen LogP contribution in [0.25, 0.3) is 0 Å². The first-order valence-electron chi connectivity index (χ1n) is 5.38. The van der Waals surface area contributed by atoms with E-state index in [2.05, 4.69) is 9.98 Å². The summed E-state index contributed by atoms with van der Waals surface area (Å²) < 4.78 is 75.7. The van der Waals surface area contributed by atoms with Gasteiger partial charge in [0.05, 0.1) is 16.8 Å². The third-order valence-electron chi connectivity index (χ3n) is 2.20. The summed E-state index contributed by atoms with van der Waals surface area (Å²) in [4.78, 5) is 6.62. The number of benzene rings is 1. The summed E-state index contributed by atoms with van der Waals surface area (Å²) >= 11 is 0. The zero-order chi connectivity index (χ0) is 17.1. The second-order valence-corrected chi connectivity index (χ2v) is 3.88. The van der Waals surface area contributed by atoms with Gasteiger partial charge in [-0.2, -0.15) is 31.3 Å². The fourth-order valence-electron chi connectivity index (χ4n) is 1.32. The molecule has 0 aliphatic carbocycles. The van der Waals surface area contributed by atoms with Crippen LogP contribution in [-0.4, -0.2) is 11.9 Å². The molecule has 0 aromatic heterocycles. The third-order valence-corrected chi connectivity index (χ3v) is 2.20. The first kappa shape index (κ1) is 17.6. The van der Waals surface area contributed by atoms with Gasteiger partial charge in [-0.3, -0.25) is 5.43 Å². The topological polar surface area (TPSA) is 115 Å². The minimum atomic E-state index is -4.98. The predicted molar refractivity (Wildman–Crippen MR) is 66.7 cm³/mol. The van der Waals surface area contributed by atoms with E-state index < -0.39 is 41.1 Å². The van der Waals surface area contributed by atoms with Crippen LogP contribution in [0, 0.1) is 0 Å². The van der Waals surface area contributed by atoms with Crippen LogP contribution in [0.15, 0.2) is 28.2 Å². The van der Waals surface area contributed by atoms with E-state index in [1.807, 2.05) is 5.43 Å². The van der Waals surface area contributed by atoms with Gasteiger partial charge in [0.1, 0.15) is 0 Å². The zero-order valence-electron chi connectivity index (χ0n) is 10.6. The minimum absolute atomic E-state index is 0.0335. The fraction of sp³-hybridized carbons (Fsp3) is 0.200. The Hall–Kier alpha value is -2.50. The van der Waals surface area contributed by atoms with E-state index in [0.717, 1.165) is 0 Å². The molecule has 122 valence electrons. The highest BCUT2D eigenvalue weighted by Crippen LogP contribution is 2.38. The Morgan fingerprint density at radius 3 is 1.73 bits per heavy atom. The van der Waals surface area contributed by atoms with E-state index in [1.54, 1.807) is 0 Å². The largest absolute Gasteiger partial charge is 0.416 e. The highest BCUT2D eigenvalue weighted by Gasteiger charge is 2.36. The van der Waals surface area contributed by atoms with Gasteiger partial charge in [-0.1, -0.05) is 0 Å². The first-order chi connectivity index (χ1) is 9.93. The molecule has 0 aliphatic heterocycles. The van der Waals surface area contributed by atoms with E-state index in [1.165, 1.54) is 0 Å². The maximum Gasteiger partial charge on any atom is 0.416 e. The molecular weight excluding hydrogens is 318 g/mol. The van der Waals surface area contributed by atoms with Crippen LogP contribution in [0.3, 0.4) is 0 Å².